The lowest BCUT2D eigenvalue weighted by Gasteiger charge is -2.32. The third-order valence-electron chi connectivity index (χ3n) is 4.92. The van der Waals surface area contributed by atoms with Crippen LogP contribution in [0.2, 0.25) is 0 Å². The molecule has 130 valence electrons. The molecule has 1 aromatic rings. The minimum absolute atomic E-state index is 0.0732. The number of para-hydroxylation sites is 1. The number of fused-ring (bicyclic) bond motifs is 1. The van der Waals surface area contributed by atoms with Gasteiger partial charge in [-0.15, -0.1) is 0 Å². The number of piperazine rings is 1. The van der Waals surface area contributed by atoms with Gasteiger partial charge in [0.05, 0.1) is 5.69 Å². The van der Waals surface area contributed by atoms with Crippen molar-refractivity contribution in [2.75, 3.05) is 37.6 Å². The highest BCUT2D eigenvalue weighted by molar-refractivity contribution is 6.09. The van der Waals surface area contributed by atoms with Crippen molar-refractivity contribution in [3.05, 3.63) is 29.8 Å². The van der Waals surface area contributed by atoms with Crippen LogP contribution in [-0.4, -0.2) is 55.4 Å². The van der Waals surface area contributed by atoms with E-state index in [0.29, 0.717) is 31.0 Å². The number of benzene rings is 1. The van der Waals surface area contributed by atoms with Crippen molar-refractivity contribution < 1.29 is 9.59 Å². The van der Waals surface area contributed by atoms with Crippen LogP contribution >= 0.6 is 0 Å². The van der Waals surface area contributed by atoms with Gasteiger partial charge in [0.2, 0.25) is 5.91 Å². The molecule has 1 saturated heterocycles. The predicted molar refractivity (Wildman–Crippen MR) is 95.5 cm³/mol. The minimum atomic E-state index is 0.0732. The summed E-state index contributed by atoms with van der Waals surface area (Å²) in [6, 6.07) is 8.07. The van der Waals surface area contributed by atoms with E-state index < -0.39 is 0 Å². The van der Waals surface area contributed by atoms with E-state index in [0.717, 1.165) is 44.7 Å². The fourth-order valence-electron chi connectivity index (χ4n) is 3.64. The van der Waals surface area contributed by atoms with Gasteiger partial charge in [0, 0.05) is 50.6 Å². The molecule has 1 atom stereocenters. The van der Waals surface area contributed by atoms with Crippen LogP contribution in [0.4, 0.5) is 5.69 Å². The van der Waals surface area contributed by atoms with Gasteiger partial charge in [0.25, 0.3) is 0 Å². The molecule has 5 heteroatoms. The summed E-state index contributed by atoms with van der Waals surface area (Å²) in [4.78, 5) is 28.9. The molecule has 2 aliphatic heterocycles. The van der Waals surface area contributed by atoms with Gasteiger partial charge in [0.15, 0.2) is 5.78 Å². The van der Waals surface area contributed by atoms with E-state index in [9.17, 15) is 9.59 Å². The molecule has 1 aromatic carbocycles. The lowest BCUT2D eigenvalue weighted by Crippen LogP contribution is -2.49. The predicted octanol–water partition coefficient (Wildman–Crippen LogP) is 2.07. The molecule has 0 aliphatic carbocycles. The minimum Gasteiger partial charge on any atom is -0.312 e. The van der Waals surface area contributed by atoms with Gasteiger partial charge < -0.3 is 15.1 Å². The van der Waals surface area contributed by atoms with E-state index in [1.807, 2.05) is 29.2 Å². The Labute approximate surface area is 144 Å². The van der Waals surface area contributed by atoms with Crippen LogP contribution in [0.25, 0.3) is 0 Å². The zero-order chi connectivity index (χ0) is 16.9. The number of nitrogens with one attached hydrogen (secondary N) is 1. The molecule has 1 fully saturated rings. The summed E-state index contributed by atoms with van der Waals surface area (Å²) in [5.41, 5.74) is 1.49. The quantitative estimate of drug-likeness (QED) is 0.840. The first kappa shape index (κ1) is 17.1. The molecule has 0 bridgehead atoms. The smallest absolute Gasteiger partial charge is 0.227 e. The van der Waals surface area contributed by atoms with Gasteiger partial charge in [-0.2, -0.15) is 0 Å². The fourth-order valence-corrected chi connectivity index (χ4v) is 3.64. The average Bonchev–Trinajstić information content (AvgIpc) is 2.70. The highest BCUT2D eigenvalue weighted by Crippen LogP contribution is 2.27. The Balaban J connectivity index is 1.56. The SMILES string of the molecule is CC1CN(CCCCN2C(=O)CCC(=O)c3ccccc32)CCN1. The molecule has 0 spiro atoms. The number of ketones is 1. The van der Waals surface area contributed by atoms with Crippen molar-refractivity contribution in [2.45, 2.75) is 38.6 Å². The highest BCUT2D eigenvalue weighted by Gasteiger charge is 2.25. The zero-order valence-corrected chi connectivity index (χ0v) is 14.5. The van der Waals surface area contributed by atoms with Gasteiger partial charge in [0.1, 0.15) is 0 Å². The van der Waals surface area contributed by atoms with Gasteiger partial charge in [-0.05, 0) is 38.4 Å². The Hall–Kier alpha value is -1.72. The van der Waals surface area contributed by atoms with Crippen LogP contribution in [0.1, 0.15) is 43.0 Å². The Bertz CT molecular complexity index is 602. The second kappa shape index (κ2) is 7.90. The van der Waals surface area contributed by atoms with Crippen molar-refractivity contribution in [2.24, 2.45) is 0 Å². The van der Waals surface area contributed by atoms with E-state index in [4.69, 9.17) is 0 Å². The number of amides is 1. The molecule has 0 radical (unpaired) electrons. The standard InChI is InChI=1S/C19H27N3O2/c1-15-14-21(13-10-20-15)11-4-5-12-22-17-7-3-2-6-16(17)18(23)8-9-19(22)24/h2-3,6-7,15,20H,4-5,8-14H2,1H3. The fraction of sp³-hybridized carbons (Fsp3) is 0.579. The molecule has 3 rings (SSSR count). The molecule has 1 amide bonds. The third-order valence-corrected chi connectivity index (χ3v) is 4.92. The van der Waals surface area contributed by atoms with Crippen molar-refractivity contribution in [3.63, 3.8) is 0 Å². The Morgan fingerprint density at radius 1 is 1.12 bits per heavy atom. The number of rotatable bonds is 5. The van der Waals surface area contributed by atoms with Crippen LogP contribution in [0.5, 0.6) is 0 Å². The number of unbranched alkanes of at least 4 members (excludes halogenated alkanes) is 1. The first-order chi connectivity index (χ1) is 11.6. The molecular formula is C19H27N3O2. The summed E-state index contributed by atoms with van der Waals surface area (Å²) in [6.45, 7) is 7.25. The van der Waals surface area contributed by atoms with Crippen molar-refractivity contribution in [1.29, 1.82) is 0 Å². The average molecular weight is 329 g/mol. The van der Waals surface area contributed by atoms with E-state index in [1.165, 1.54) is 0 Å². The molecule has 2 heterocycles. The number of anilines is 1. The molecule has 2 aliphatic rings. The van der Waals surface area contributed by atoms with Crippen LogP contribution in [0.15, 0.2) is 24.3 Å². The van der Waals surface area contributed by atoms with Crippen LogP contribution in [-0.2, 0) is 4.79 Å². The topological polar surface area (TPSA) is 52.7 Å². The van der Waals surface area contributed by atoms with Gasteiger partial charge in [-0.3, -0.25) is 9.59 Å². The van der Waals surface area contributed by atoms with Crippen LogP contribution in [0, 0.1) is 0 Å². The van der Waals surface area contributed by atoms with Gasteiger partial charge >= 0.3 is 0 Å². The summed E-state index contributed by atoms with van der Waals surface area (Å²) < 4.78 is 0. The number of carbonyl (C=O) groups excluding carboxylic acids is 2. The van der Waals surface area contributed by atoms with Crippen LogP contribution in [0.3, 0.4) is 0 Å². The second-order valence-corrected chi connectivity index (χ2v) is 6.85. The number of carbonyl (C=O) groups is 2. The molecule has 24 heavy (non-hydrogen) atoms. The first-order valence-corrected chi connectivity index (χ1v) is 9.03. The summed E-state index contributed by atoms with van der Waals surface area (Å²) in [5.74, 6) is 0.153. The monoisotopic (exact) mass is 329 g/mol. The Morgan fingerprint density at radius 2 is 1.92 bits per heavy atom. The lowest BCUT2D eigenvalue weighted by atomic mass is 10.1. The van der Waals surface area contributed by atoms with Crippen molar-refractivity contribution in [3.8, 4) is 0 Å². The molecule has 1 N–H and O–H groups in total. The molecular weight excluding hydrogens is 302 g/mol. The normalized spacial score (nSPS) is 22.4. The van der Waals surface area contributed by atoms with Crippen molar-refractivity contribution in [1.82, 2.24) is 10.2 Å². The number of hydrogen-bond donors (Lipinski definition) is 1. The largest absolute Gasteiger partial charge is 0.312 e. The van der Waals surface area contributed by atoms with Crippen molar-refractivity contribution >= 4 is 17.4 Å². The van der Waals surface area contributed by atoms with Gasteiger partial charge in [-0.1, -0.05) is 12.1 Å². The maximum Gasteiger partial charge on any atom is 0.227 e. The number of nitrogens with zero attached hydrogens (tertiary/aromatic N) is 2. The highest BCUT2D eigenvalue weighted by atomic mass is 16.2. The maximum absolute atomic E-state index is 12.4. The Morgan fingerprint density at radius 3 is 2.75 bits per heavy atom. The van der Waals surface area contributed by atoms with E-state index in [1.54, 1.807) is 0 Å². The molecule has 1 unspecified atom stereocenters. The zero-order valence-electron chi connectivity index (χ0n) is 14.5. The van der Waals surface area contributed by atoms with E-state index in [2.05, 4.69) is 17.1 Å². The molecule has 5 nitrogen and oxygen atoms in total. The summed E-state index contributed by atoms with van der Waals surface area (Å²) in [6.07, 6.45) is 2.69. The number of hydrogen-bond acceptors (Lipinski definition) is 4. The summed E-state index contributed by atoms with van der Waals surface area (Å²) >= 11 is 0. The summed E-state index contributed by atoms with van der Waals surface area (Å²) in [7, 11) is 0. The summed E-state index contributed by atoms with van der Waals surface area (Å²) in [5, 5.41) is 3.46. The van der Waals surface area contributed by atoms with E-state index >= 15 is 0 Å². The maximum atomic E-state index is 12.4. The van der Waals surface area contributed by atoms with E-state index in [-0.39, 0.29) is 11.7 Å². The lowest BCUT2D eigenvalue weighted by molar-refractivity contribution is -0.118. The Kier molecular flexibility index (Phi) is 5.63. The second-order valence-electron chi connectivity index (χ2n) is 6.85. The first-order valence-electron chi connectivity index (χ1n) is 9.03. The molecule has 0 aromatic heterocycles. The van der Waals surface area contributed by atoms with Crippen LogP contribution < -0.4 is 10.2 Å². The molecule has 0 saturated carbocycles. The van der Waals surface area contributed by atoms with Gasteiger partial charge in [-0.25, -0.2) is 0 Å². The third kappa shape index (κ3) is 4.02. The number of Topliss-reactive ketones (excluding diaryl/α,β-unsaturated/α-hetero) is 1.